The van der Waals surface area contributed by atoms with Crippen molar-refractivity contribution in [1.29, 1.82) is 0 Å². The maximum atomic E-state index is 9.70. The van der Waals surface area contributed by atoms with Crippen LogP contribution in [0.15, 0.2) is 18.2 Å². The topological polar surface area (TPSA) is 42.4 Å². The molecular formula is C9H11NO2. The SMILES string of the molecule is COc1cccc(C2(O)CC2)n1. The minimum Gasteiger partial charge on any atom is -0.481 e. The summed E-state index contributed by atoms with van der Waals surface area (Å²) < 4.78 is 4.96. The van der Waals surface area contributed by atoms with Gasteiger partial charge in [0.2, 0.25) is 5.88 Å². The Kier molecular flexibility index (Phi) is 1.54. The Bertz CT molecular complexity index is 294. The van der Waals surface area contributed by atoms with Gasteiger partial charge in [-0.15, -0.1) is 0 Å². The summed E-state index contributed by atoms with van der Waals surface area (Å²) in [6.45, 7) is 0. The van der Waals surface area contributed by atoms with Crippen LogP contribution < -0.4 is 4.74 Å². The van der Waals surface area contributed by atoms with Crippen molar-refractivity contribution in [2.75, 3.05) is 7.11 Å². The van der Waals surface area contributed by atoms with Crippen molar-refractivity contribution in [3.8, 4) is 5.88 Å². The van der Waals surface area contributed by atoms with Crippen LogP contribution in [0.5, 0.6) is 5.88 Å². The molecule has 64 valence electrons. The lowest BCUT2D eigenvalue weighted by Gasteiger charge is -2.07. The van der Waals surface area contributed by atoms with Crippen molar-refractivity contribution in [2.24, 2.45) is 0 Å². The second-order valence-corrected chi connectivity index (χ2v) is 3.10. The van der Waals surface area contributed by atoms with Crippen LogP contribution in [0.25, 0.3) is 0 Å². The molecule has 1 aliphatic carbocycles. The van der Waals surface area contributed by atoms with Crippen LogP contribution in [-0.4, -0.2) is 17.2 Å². The van der Waals surface area contributed by atoms with Crippen LogP contribution in [-0.2, 0) is 5.60 Å². The van der Waals surface area contributed by atoms with E-state index in [2.05, 4.69) is 4.98 Å². The van der Waals surface area contributed by atoms with Crippen molar-refractivity contribution in [2.45, 2.75) is 18.4 Å². The standard InChI is InChI=1S/C9H11NO2/c1-12-8-4-2-3-7(10-8)9(11)5-6-9/h2-4,11H,5-6H2,1H3. The number of hydrogen-bond acceptors (Lipinski definition) is 3. The molecule has 1 aliphatic rings. The lowest BCUT2D eigenvalue weighted by molar-refractivity contribution is 0.145. The van der Waals surface area contributed by atoms with E-state index in [9.17, 15) is 5.11 Å². The summed E-state index contributed by atoms with van der Waals surface area (Å²) in [5.74, 6) is 0.563. The summed E-state index contributed by atoms with van der Waals surface area (Å²) in [6, 6.07) is 5.45. The van der Waals surface area contributed by atoms with E-state index in [1.54, 1.807) is 13.2 Å². The highest BCUT2D eigenvalue weighted by Gasteiger charge is 2.43. The van der Waals surface area contributed by atoms with Gasteiger partial charge < -0.3 is 9.84 Å². The largest absolute Gasteiger partial charge is 0.481 e. The van der Waals surface area contributed by atoms with Crippen molar-refractivity contribution < 1.29 is 9.84 Å². The Balaban J connectivity index is 2.32. The molecule has 3 heteroatoms. The third-order valence-corrected chi connectivity index (χ3v) is 2.13. The molecule has 0 aromatic carbocycles. The maximum absolute atomic E-state index is 9.70. The lowest BCUT2D eigenvalue weighted by atomic mass is 10.2. The van der Waals surface area contributed by atoms with Gasteiger partial charge in [-0.2, -0.15) is 0 Å². The van der Waals surface area contributed by atoms with Crippen LogP contribution in [0.1, 0.15) is 18.5 Å². The Labute approximate surface area is 71.0 Å². The normalized spacial score (nSPS) is 18.8. The summed E-state index contributed by atoms with van der Waals surface area (Å²) in [6.07, 6.45) is 1.63. The van der Waals surface area contributed by atoms with Gasteiger partial charge in [0.15, 0.2) is 0 Å². The third kappa shape index (κ3) is 1.16. The van der Waals surface area contributed by atoms with E-state index in [4.69, 9.17) is 4.74 Å². The van der Waals surface area contributed by atoms with Crippen LogP contribution in [0.2, 0.25) is 0 Å². The summed E-state index contributed by atoms with van der Waals surface area (Å²) in [7, 11) is 1.57. The van der Waals surface area contributed by atoms with Gasteiger partial charge in [0.05, 0.1) is 12.8 Å². The highest BCUT2D eigenvalue weighted by molar-refractivity contribution is 5.24. The first-order chi connectivity index (χ1) is 5.74. The molecule has 0 spiro atoms. The summed E-state index contributed by atoms with van der Waals surface area (Å²) >= 11 is 0. The van der Waals surface area contributed by atoms with Crippen molar-refractivity contribution >= 4 is 0 Å². The molecular weight excluding hydrogens is 154 g/mol. The van der Waals surface area contributed by atoms with E-state index in [-0.39, 0.29) is 0 Å². The van der Waals surface area contributed by atoms with Crippen LogP contribution in [0, 0.1) is 0 Å². The molecule has 3 nitrogen and oxygen atoms in total. The Morgan fingerprint density at radius 1 is 1.50 bits per heavy atom. The highest BCUT2D eigenvalue weighted by atomic mass is 16.5. The van der Waals surface area contributed by atoms with E-state index in [1.165, 1.54) is 0 Å². The maximum Gasteiger partial charge on any atom is 0.213 e. The van der Waals surface area contributed by atoms with E-state index in [0.29, 0.717) is 5.88 Å². The van der Waals surface area contributed by atoms with Gasteiger partial charge in [0.25, 0.3) is 0 Å². The molecule has 1 fully saturated rings. The van der Waals surface area contributed by atoms with Gasteiger partial charge in [-0.05, 0) is 18.9 Å². The fraction of sp³-hybridized carbons (Fsp3) is 0.444. The quantitative estimate of drug-likeness (QED) is 0.712. The zero-order valence-corrected chi connectivity index (χ0v) is 6.95. The fourth-order valence-electron chi connectivity index (χ4n) is 1.16. The molecule has 0 aliphatic heterocycles. The average Bonchev–Trinajstić information content (AvgIpc) is 2.85. The molecule has 2 rings (SSSR count). The first kappa shape index (κ1) is 7.55. The molecule has 1 aromatic rings. The van der Waals surface area contributed by atoms with Gasteiger partial charge in [-0.3, -0.25) is 0 Å². The first-order valence-corrected chi connectivity index (χ1v) is 3.98. The predicted molar refractivity (Wildman–Crippen MR) is 43.9 cm³/mol. The molecule has 0 saturated heterocycles. The van der Waals surface area contributed by atoms with E-state index >= 15 is 0 Å². The molecule has 0 unspecified atom stereocenters. The number of ether oxygens (including phenoxy) is 1. The summed E-state index contributed by atoms with van der Waals surface area (Å²) in [5.41, 5.74) is 0.0657. The smallest absolute Gasteiger partial charge is 0.213 e. The number of hydrogen-bond donors (Lipinski definition) is 1. The van der Waals surface area contributed by atoms with Crippen molar-refractivity contribution in [3.63, 3.8) is 0 Å². The first-order valence-electron chi connectivity index (χ1n) is 3.98. The minimum absolute atomic E-state index is 0.563. The number of rotatable bonds is 2. The van der Waals surface area contributed by atoms with Gasteiger partial charge in [0.1, 0.15) is 5.60 Å². The van der Waals surface area contributed by atoms with Crippen LogP contribution >= 0.6 is 0 Å². The molecule has 1 saturated carbocycles. The fourth-order valence-corrected chi connectivity index (χ4v) is 1.16. The monoisotopic (exact) mass is 165 g/mol. The number of pyridine rings is 1. The third-order valence-electron chi connectivity index (χ3n) is 2.13. The van der Waals surface area contributed by atoms with Crippen molar-refractivity contribution in [1.82, 2.24) is 4.98 Å². The Morgan fingerprint density at radius 2 is 2.25 bits per heavy atom. The highest BCUT2D eigenvalue weighted by Crippen LogP contribution is 2.44. The number of nitrogens with zero attached hydrogens (tertiary/aromatic N) is 1. The van der Waals surface area contributed by atoms with Crippen LogP contribution in [0.4, 0.5) is 0 Å². The van der Waals surface area contributed by atoms with E-state index in [0.717, 1.165) is 18.5 Å². The van der Waals surface area contributed by atoms with Gasteiger partial charge in [-0.1, -0.05) is 6.07 Å². The predicted octanol–water partition coefficient (Wildman–Crippen LogP) is 1.07. The van der Waals surface area contributed by atoms with E-state index < -0.39 is 5.60 Å². The second kappa shape index (κ2) is 2.45. The molecule has 1 heterocycles. The molecule has 0 bridgehead atoms. The zero-order valence-electron chi connectivity index (χ0n) is 6.95. The molecule has 1 aromatic heterocycles. The summed E-state index contributed by atoms with van der Waals surface area (Å²) in [5, 5.41) is 9.70. The molecule has 0 atom stereocenters. The number of aliphatic hydroxyl groups is 1. The summed E-state index contributed by atoms with van der Waals surface area (Å²) in [4.78, 5) is 4.15. The minimum atomic E-state index is -0.658. The second-order valence-electron chi connectivity index (χ2n) is 3.10. The van der Waals surface area contributed by atoms with E-state index in [1.807, 2.05) is 12.1 Å². The van der Waals surface area contributed by atoms with Gasteiger partial charge in [0, 0.05) is 6.07 Å². The molecule has 1 N–H and O–H groups in total. The Hall–Kier alpha value is -1.09. The molecule has 0 amide bonds. The molecule has 12 heavy (non-hydrogen) atoms. The average molecular weight is 165 g/mol. The van der Waals surface area contributed by atoms with Crippen LogP contribution in [0.3, 0.4) is 0 Å². The number of methoxy groups -OCH3 is 1. The number of aromatic nitrogens is 1. The van der Waals surface area contributed by atoms with Gasteiger partial charge >= 0.3 is 0 Å². The zero-order chi connectivity index (χ0) is 8.60. The lowest BCUT2D eigenvalue weighted by Crippen LogP contribution is -2.07. The molecule has 0 radical (unpaired) electrons. The van der Waals surface area contributed by atoms with Crippen molar-refractivity contribution in [3.05, 3.63) is 23.9 Å². The van der Waals surface area contributed by atoms with Gasteiger partial charge in [-0.25, -0.2) is 4.98 Å². The Morgan fingerprint density at radius 3 is 2.83 bits per heavy atom.